The van der Waals surface area contributed by atoms with Gasteiger partial charge in [0.25, 0.3) is 0 Å². The van der Waals surface area contributed by atoms with Crippen LogP contribution in [0.25, 0.3) is 0 Å². The van der Waals surface area contributed by atoms with Gasteiger partial charge in [-0.3, -0.25) is 0 Å². The average molecular weight is 226 g/mol. The molecule has 0 aliphatic heterocycles. The predicted molar refractivity (Wildman–Crippen MR) is 64.2 cm³/mol. The zero-order valence-corrected chi connectivity index (χ0v) is 9.66. The van der Waals surface area contributed by atoms with Gasteiger partial charge in [-0.25, -0.2) is 4.39 Å². The van der Waals surface area contributed by atoms with Crippen LogP contribution in [0.1, 0.15) is 6.92 Å². The summed E-state index contributed by atoms with van der Waals surface area (Å²) >= 11 is 0. The standard InChI is InChI=1S/C12H19FN2O/c1-2-15(8-10-16-9-7-14)12-5-3-11(13)4-6-12/h3-6H,2,7-10,14H2,1H3. The topological polar surface area (TPSA) is 38.5 Å². The molecule has 0 heterocycles. The van der Waals surface area contributed by atoms with Gasteiger partial charge in [0.05, 0.1) is 13.2 Å². The summed E-state index contributed by atoms with van der Waals surface area (Å²) in [5.74, 6) is -0.209. The Labute approximate surface area is 96.0 Å². The van der Waals surface area contributed by atoms with Crippen LogP contribution in [0.5, 0.6) is 0 Å². The lowest BCUT2D eigenvalue weighted by Gasteiger charge is -2.22. The normalized spacial score (nSPS) is 10.4. The number of ether oxygens (including phenoxy) is 1. The van der Waals surface area contributed by atoms with Crippen molar-refractivity contribution in [2.45, 2.75) is 6.92 Å². The van der Waals surface area contributed by atoms with Gasteiger partial charge < -0.3 is 15.4 Å². The Kier molecular flexibility index (Phi) is 5.82. The van der Waals surface area contributed by atoms with Crippen LogP contribution in [-0.2, 0) is 4.74 Å². The molecule has 0 aromatic heterocycles. The summed E-state index contributed by atoms with van der Waals surface area (Å²) in [6.07, 6.45) is 0. The Balaban J connectivity index is 2.44. The molecule has 1 rings (SSSR count). The van der Waals surface area contributed by atoms with E-state index in [9.17, 15) is 4.39 Å². The largest absolute Gasteiger partial charge is 0.378 e. The Morgan fingerprint density at radius 1 is 1.25 bits per heavy atom. The molecule has 0 fully saturated rings. The quantitative estimate of drug-likeness (QED) is 0.718. The van der Waals surface area contributed by atoms with Crippen LogP contribution in [0.2, 0.25) is 0 Å². The van der Waals surface area contributed by atoms with Gasteiger partial charge in [0.2, 0.25) is 0 Å². The second-order valence-electron chi connectivity index (χ2n) is 3.46. The highest BCUT2D eigenvalue weighted by Crippen LogP contribution is 2.13. The summed E-state index contributed by atoms with van der Waals surface area (Å²) < 4.78 is 18.1. The fourth-order valence-electron chi connectivity index (χ4n) is 1.48. The lowest BCUT2D eigenvalue weighted by Crippen LogP contribution is -2.27. The van der Waals surface area contributed by atoms with Crippen LogP contribution >= 0.6 is 0 Å². The minimum Gasteiger partial charge on any atom is -0.378 e. The van der Waals surface area contributed by atoms with Crippen molar-refractivity contribution in [2.24, 2.45) is 5.73 Å². The molecule has 3 nitrogen and oxygen atoms in total. The van der Waals surface area contributed by atoms with Gasteiger partial charge >= 0.3 is 0 Å². The van der Waals surface area contributed by atoms with E-state index in [0.717, 1.165) is 18.8 Å². The van der Waals surface area contributed by atoms with E-state index < -0.39 is 0 Å². The molecule has 4 heteroatoms. The van der Waals surface area contributed by atoms with Crippen LogP contribution in [0.4, 0.5) is 10.1 Å². The third kappa shape index (κ3) is 4.16. The van der Waals surface area contributed by atoms with Crippen LogP contribution in [0, 0.1) is 5.82 Å². The Bertz CT molecular complexity index is 290. The van der Waals surface area contributed by atoms with Crippen molar-refractivity contribution in [3.8, 4) is 0 Å². The summed E-state index contributed by atoms with van der Waals surface area (Å²) in [7, 11) is 0. The molecule has 0 bridgehead atoms. The minimum atomic E-state index is -0.209. The second-order valence-corrected chi connectivity index (χ2v) is 3.46. The van der Waals surface area contributed by atoms with E-state index in [2.05, 4.69) is 11.8 Å². The Morgan fingerprint density at radius 2 is 1.94 bits per heavy atom. The molecular formula is C12H19FN2O. The van der Waals surface area contributed by atoms with Crippen molar-refractivity contribution >= 4 is 5.69 Å². The fraction of sp³-hybridized carbons (Fsp3) is 0.500. The molecule has 90 valence electrons. The molecule has 0 saturated carbocycles. The number of halogens is 1. The van der Waals surface area contributed by atoms with Crippen LogP contribution in [-0.4, -0.2) is 32.8 Å². The molecule has 0 spiro atoms. The number of hydrogen-bond acceptors (Lipinski definition) is 3. The maximum atomic E-state index is 12.7. The highest BCUT2D eigenvalue weighted by atomic mass is 19.1. The minimum absolute atomic E-state index is 0.209. The highest BCUT2D eigenvalue weighted by molar-refractivity contribution is 5.45. The highest BCUT2D eigenvalue weighted by Gasteiger charge is 2.03. The third-order valence-corrected chi connectivity index (χ3v) is 2.34. The second kappa shape index (κ2) is 7.19. The summed E-state index contributed by atoms with van der Waals surface area (Å²) in [6, 6.07) is 6.50. The van der Waals surface area contributed by atoms with Crippen molar-refractivity contribution in [2.75, 3.05) is 37.7 Å². The first kappa shape index (κ1) is 12.9. The van der Waals surface area contributed by atoms with E-state index in [1.54, 1.807) is 12.1 Å². The molecule has 2 N–H and O–H groups in total. The van der Waals surface area contributed by atoms with Gasteiger partial charge in [-0.2, -0.15) is 0 Å². The number of hydrogen-bond donors (Lipinski definition) is 1. The first-order chi connectivity index (χ1) is 7.77. The molecule has 0 amide bonds. The molecular weight excluding hydrogens is 207 g/mol. The summed E-state index contributed by atoms with van der Waals surface area (Å²) in [6.45, 7) is 5.50. The summed E-state index contributed by atoms with van der Waals surface area (Å²) in [5.41, 5.74) is 6.34. The van der Waals surface area contributed by atoms with Crippen molar-refractivity contribution in [3.63, 3.8) is 0 Å². The maximum Gasteiger partial charge on any atom is 0.123 e. The molecule has 16 heavy (non-hydrogen) atoms. The monoisotopic (exact) mass is 226 g/mol. The van der Waals surface area contributed by atoms with Crippen molar-refractivity contribution in [1.29, 1.82) is 0 Å². The zero-order valence-electron chi connectivity index (χ0n) is 9.66. The zero-order chi connectivity index (χ0) is 11.8. The molecule has 0 radical (unpaired) electrons. The van der Waals surface area contributed by atoms with E-state index in [1.807, 2.05) is 0 Å². The van der Waals surface area contributed by atoms with E-state index in [0.29, 0.717) is 19.8 Å². The van der Waals surface area contributed by atoms with E-state index in [4.69, 9.17) is 10.5 Å². The number of rotatable bonds is 7. The molecule has 0 saturated heterocycles. The lowest BCUT2D eigenvalue weighted by molar-refractivity contribution is 0.148. The SMILES string of the molecule is CCN(CCOCCN)c1ccc(F)cc1. The first-order valence-corrected chi connectivity index (χ1v) is 5.56. The lowest BCUT2D eigenvalue weighted by atomic mass is 10.3. The smallest absolute Gasteiger partial charge is 0.123 e. The maximum absolute atomic E-state index is 12.7. The third-order valence-electron chi connectivity index (χ3n) is 2.34. The molecule has 0 atom stereocenters. The van der Waals surface area contributed by atoms with Crippen molar-refractivity contribution < 1.29 is 9.13 Å². The number of anilines is 1. The first-order valence-electron chi connectivity index (χ1n) is 5.56. The predicted octanol–water partition coefficient (Wildman–Crippen LogP) is 1.63. The van der Waals surface area contributed by atoms with Crippen LogP contribution < -0.4 is 10.6 Å². The van der Waals surface area contributed by atoms with Crippen LogP contribution in [0.3, 0.4) is 0 Å². The van der Waals surface area contributed by atoms with Crippen LogP contribution in [0.15, 0.2) is 24.3 Å². The van der Waals surface area contributed by atoms with Gasteiger partial charge in [-0.05, 0) is 31.2 Å². The molecule has 1 aromatic rings. The number of likely N-dealkylation sites (N-methyl/N-ethyl adjacent to an activating group) is 1. The molecule has 0 unspecified atom stereocenters. The number of benzene rings is 1. The Hall–Kier alpha value is -1.13. The van der Waals surface area contributed by atoms with Gasteiger partial charge in [0.1, 0.15) is 5.82 Å². The number of nitrogens with zero attached hydrogens (tertiary/aromatic N) is 1. The van der Waals surface area contributed by atoms with E-state index in [1.165, 1.54) is 12.1 Å². The Morgan fingerprint density at radius 3 is 2.50 bits per heavy atom. The summed E-state index contributed by atoms with van der Waals surface area (Å²) in [5, 5.41) is 0. The van der Waals surface area contributed by atoms with E-state index in [-0.39, 0.29) is 5.82 Å². The fourth-order valence-corrected chi connectivity index (χ4v) is 1.48. The van der Waals surface area contributed by atoms with Gasteiger partial charge in [0, 0.05) is 25.3 Å². The molecule has 0 aliphatic rings. The average Bonchev–Trinajstić information content (AvgIpc) is 2.31. The molecule has 0 aliphatic carbocycles. The van der Waals surface area contributed by atoms with E-state index >= 15 is 0 Å². The molecule has 1 aromatic carbocycles. The van der Waals surface area contributed by atoms with Gasteiger partial charge in [-0.15, -0.1) is 0 Å². The van der Waals surface area contributed by atoms with Gasteiger partial charge in [-0.1, -0.05) is 0 Å². The summed E-state index contributed by atoms with van der Waals surface area (Å²) in [4.78, 5) is 2.13. The van der Waals surface area contributed by atoms with Crippen molar-refractivity contribution in [3.05, 3.63) is 30.1 Å². The van der Waals surface area contributed by atoms with Gasteiger partial charge in [0.15, 0.2) is 0 Å². The van der Waals surface area contributed by atoms with Crippen molar-refractivity contribution in [1.82, 2.24) is 0 Å². The number of nitrogens with two attached hydrogens (primary N) is 1.